The van der Waals surface area contributed by atoms with Gasteiger partial charge in [-0.1, -0.05) is 36.0 Å². The fraction of sp³-hybridized carbons (Fsp3) is 0.190. The van der Waals surface area contributed by atoms with Gasteiger partial charge in [-0.2, -0.15) is 0 Å². The van der Waals surface area contributed by atoms with E-state index in [1.807, 2.05) is 53.8 Å². The lowest BCUT2D eigenvalue weighted by Crippen LogP contribution is -2.12. The number of aryl methyl sites for hydroxylation is 2. The van der Waals surface area contributed by atoms with E-state index in [4.69, 9.17) is 0 Å². The summed E-state index contributed by atoms with van der Waals surface area (Å²) < 4.78 is 2.04. The zero-order valence-electron chi connectivity index (χ0n) is 15.3. The zero-order chi connectivity index (χ0) is 18.8. The quantitative estimate of drug-likeness (QED) is 0.516. The summed E-state index contributed by atoms with van der Waals surface area (Å²) in [5.41, 5.74) is 5.11. The fourth-order valence-corrected chi connectivity index (χ4v) is 3.87. The van der Waals surface area contributed by atoms with Crippen LogP contribution < -0.4 is 5.32 Å². The lowest BCUT2D eigenvalue weighted by Gasteiger charge is -2.08. The van der Waals surface area contributed by atoms with Gasteiger partial charge in [-0.25, -0.2) is 0 Å². The van der Waals surface area contributed by atoms with E-state index in [9.17, 15) is 4.79 Å². The third kappa shape index (κ3) is 3.66. The highest BCUT2D eigenvalue weighted by molar-refractivity contribution is 7.99. The summed E-state index contributed by atoms with van der Waals surface area (Å²) in [6.07, 6.45) is 0.414. The van der Waals surface area contributed by atoms with Crippen molar-refractivity contribution >= 4 is 39.9 Å². The highest BCUT2D eigenvalue weighted by atomic mass is 32.2. The zero-order valence-corrected chi connectivity index (χ0v) is 16.1. The summed E-state index contributed by atoms with van der Waals surface area (Å²) in [6, 6.07) is 18.1. The van der Waals surface area contributed by atoms with Crippen LogP contribution in [0.4, 0.5) is 5.69 Å². The van der Waals surface area contributed by atoms with Crippen molar-refractivity contribution in [3.8, 4) is 0 Å². The molecule has 0 radical (unpaired) electrons. The monoisotopic (exact) mass is 376 g/mol. The molecule has 0 aliphatic carbocycles. The van der Waals surface area contributed by atoms with Gasteiger partial charge in [-0.15, -0.1) is 10.2 Å². The van der Waals surface area contributed by atoms with Crippen LogP contribution in [0.25, 0.3) is 16.6 Å². The second-order valence-corrected chi connectivity index (χ2v) is 7.58. The molecule has 0 unspecified atom stereocenters. The number of hydrogen-bond donors (Lipinski definition) is 1. The molecular formula is C21H20N4OS. The van der Waals surface area contributed by atoms with Crippen LogP contribution in [0.5, 0.6) is 0 Å². The molecule has 0 saturated heterocycles. The number of anilines is 1. The first kappa shape index (κ1) is 17.5. The van der Waals surface area contributed by atoms with Gasteiger partial charge < -0.3 is 5.32 Å². The Morgan fingerprint density at radius 3 is 2.74 bits per heavy atom. The summed E-state index contributed by atoms with van der Waals surface area (Å²) in [5.74, 6) is 0.644. The van der Waals surface area contributed by atoms with Gasteiger partial charge in [-0.3, -0.25) is 9.20 Å². The Morgan fingerprint density at radius 2 is 1.89 bits per heavy atom. The average molecular weight is 376 g/mol. The fourth-order valence-electron chi connectivity index (χ4n) is 2.98. The molecule has 0 atom stereocenters. The van der Waals surface area contributed by atoms with Gasteiger partial charge in [0.25, 0.3) is 0 Å². The molecule has 0 spiro atoms. The van der Waals surface area contributed by atoms with Crippen molar-refractivity contribution in [2.45, 2.75) is 25.4 Å². The minimum atomic E-state index is 0.00410. The number of para-hydroxylation sites is 1. The molecule has 2 aromatic carbocycles. The molecule has 27 heavy (non-hydrogen) atoms. The molecule has 0 aliphatic heterocycles. The van der Waals surface area contributed by atoms with Gasteiger partial charge in [0.15, 0.2) is 10.8 Å². The van der Waals surface area contributed by atoms with Crippen LogP contribution in [0.3, 0.4) is 0 Å². The number of nitrogens with zero attached hydrogens (tertiary/aromatic N) is 3. The molecule has 2 aromatic heterocycles. The smallest absolute Gasteiger partial charge is 0.225 e. The number of rotatable bonds is 5. The molecule has 6 heteroatoms. The molecule has 0 saturated carbocycles. The van der Waals surface area contributed by atoms with Gasteiger partial charge in [-0.05, 0) is 60.7 Å². The van der Waals surface area contributed by atoms with Crippen molar-refractivity contribution in [2.24, 2.45) is 0 Å². The van der Waals surface area contributed by atoms with E-state index in [0.717, 1.165) is 27.4 Å². The Morgan fingerprint density at radius 1 is 1.04 bits per heavy atom. The molecule has 136 valence electrons. The second kappa shape index (κ2) is 7.40. The first-order valence-electron chi connectivity index (χ1n) is 8.84. The maximum atomic E-state index is 12.2. The SMILES string of the molecule is Cc1ccc(NC(=O)CCSc2nnc3ccc4ccccc4n23)cc1C. The molecule has 1 N–H and O–H groups in total. The number of pyridine rings is 1. The molecule has 0 fully saturated rings. The van der Waals surface area contributed by atoms with E-state index in [0.29, 0.717) is 12.2 Å². The predicted octanol–water partition coefficient (Wildman–Crippen LogP) is 4.62. The number of benzene rings is 2. The van der Waals surface area contributed by atoms with Gasteiger partial charge in [0.05, 0.1) is 5.52 Å². The molecule has 2 heterocycles. The number of amides is 1. The van der Waals surface area contributed by atoms with Crippen LogP contribution in [0.2, 0.25) is 0 Å². The van der Waals surface area contributed by atoms with E-state index in [1.54, 1.807) is 11.8 Å². The number of aromatic nitrogens is 3. The molecule has 0 bridgehead atoms. The van der Waals surface area contributed by atoms with Crippen LogP contribution >= 0.6 is 11.8 Å². The number of carbonyl (C=O) groups is 1. The van der Waals surface area contributed by atoms with Crippen molar-refractivity contribution in [3.05, 3.63) is 65.7 Å². The first-order chi connectivity index (χ1) is 13.1. The summed E-state index contributed by atoms with van der Waals surface area (Å²) in [6.45, 7) is 4.10. The highest BCUT2D eigenvalue weighted by Gasteiger charge is 2.10. The van der Waals surface area contributed by atoms with Crippen LogP contribution in [0, 0.1) is 13.8 Å². The molecule has 4 rings (SSSR count). The number of carbonyl (C=O) groups excluding carboxylic acids is 1. The molecule has 4 aromatic rings. The Labute approximate surface area is 161 Å². The largest absolute Gasteiger partial charge is 0.326 e. The lowest BCUT2D eigenvalue weighted by atomic mass is 10.1. The maximum Gasteiger partial charge on any atom is 0.225 e. The number of hydrogen-bond acceptors (Lipinski definition) is 4. The van der Waals surface area contributed by atoms with Crippen LogP contribution in [0.15, 0.2) is 59.8 Å². The van der Waals surface area contributed by atoms with Crippen molar-refractivity contribution in [1.29, 1.82) is 0 Å². The molecule has 1 amide bonds. The predicted molar refractivity (Wildman–Crippen MR) is 110 cm³/mol. The van der Waals surface area contributed by atoms with Crippen molar-refractivity contribution in [3.63, 3.8) is 0 Å². The van der Waals surface area contributed by atoms with Crippen molar-refractivity contribution in [1.82, 2.24) is 14.6 Å². The molecular weight excluding hydrogens is 356 g/mol. The maximum absolute atomic E-state index is 12.2. The highest BCUT2D eigenvalue weighted by Crippen LogP contribution is 2.23. The molecule has 5 nitrogen and oxygen atoms in total. The molecule has 0 aliphatic rings. The third-order valence-electron chi connectivity index (χ3n) is 4.60. The van der Waals surface area contributed by atoms with Crippen molar-refractivity contribution < 1.29 is 4.79 Å². The Kier molecular flexibility index (Phi) is 4.81. The third-order valence-corrected chi connectivity index (χ3v) is 5.53. The Bertz CT molecular complexity index is 1140. The van der Waals surface area contributed by atoms with E-state index in [1.165, 1.54) is 11.1 Å². The summed E-state index contributed by atoms with van der Waals surface area (Å²) >= 11 is 1.54. The van der Waals surface area contributed by atoms with Gasteiger partial charge in [0.1, 0.15) is 0 Å². The van der Waals surface area contributed by atoms with Gasteiger partial charge >= 0.3 is 0 Å². The summed E-state index contributed by atoms with van der Waals surface area (Å²) in [5, 5.41) is 13.4. The standard InChI is InChI=1S/C21H20N4OS/c1-14-7-9-17(13-15(14)2)22-20(26)11-12-27-21-24-23-19-10-8-16-5-3-4-6-18(16)25(19)21/h3-10,13H,11-12H2,1-2H3,(H,22,26). The number of fused-ring (bicyclic) bond motifs is 3. The van der Waals surface area contributed by atoms with Crippen LogP contribution in [-0.4, -0.2) is 26.3 Å². The second-order valence-electron chi connectivity index (χ2n) is 6.51. The van der Waals surface area contributed by atoms with Crippen LogP contribution in [0.1, 0.15) is 17.5 Å². The van der Waals surface area contributed by atoms with E-state index >= 15 is 0 Å². The topological polar surface area (TPSA) is 59.3 Å². The van der Waals surface area contributed by atoms with Crippen LogP contribution in [-0.2, 0) is 4.79 Å². The lowest BCUT2D eigenvalue weighted by molar-refractivity contribution is -0.115. The first-order valence-corrected chi connectivity index (χ1v) is 9.83. The average Bonchev–Trinajstić information content (AvgIpc) is 3.08. The summed E-state index contributed by atoms with van der Waals surface area (Å²) in [4.78, 5) is 12.2. The van der Waals surface area contributed by atoms with Gasteiger partial charge in [0.2, 0.25) is 5.91 Å². The number of nitrogens with one attached hydrogen (secondary N) is 1. The minimum absolute atomic E-state index is 0.00410. The Hall–Kier alpha value is -2.86. The Balaban J connectivity index is 1.44. The normalized spacial score (nSPS) is 11.2. The van der Waals surface area contributed by atoms with E-state index in [-0.39, 0.29) is 5.91 Å². The number of thioether (sulfide) groups is 1. The van der Waals surface area contributed by atoms with E-state index < -0.39 is 0 Å². The summed E-state index contributed by atoms with van der Waals surface area (Å²) in [7, 11) is 0. The van der Waals surface area contributed by atoms with E-state index in [2.05, 4.69) is 34.6 Å². The van der Waals surface area contributed by atoms with Crippen molar-refractivity contribution in [2.75, 3.05) is 11.1 Å². The minimum Gasteiger partial charge on any atom is -0.326 e. The van der Waals surface area contributed by atoms with Gasteiger partial charge in [0, 0.05) is 17.9 Å².